The number of hydrogen-bond acceptors (Lipinski definition) is 2. The molecule has 2 atom stereocenters. The summed E-state index contributed by atoms with van der Waals surface area (Å²) in [6.07, 6.45) is 2.71. The topological polar surface area (TPSA) is 32.3 Å². The normalized spacial score (nSPS) is 27.2. The first-order valence-corrected chi connectivity index (χ1v) is 4.76. The minimum Gasteiger partial charge on any atom is -0.342 e. The van der Waals surface area contributed by atoms with Crippen molar-refractivity contribution in [3.05, 3.63) is 12.7 Å². The van der Waals surface area contributed by atoms with Crippen LogP contribution in [0, 0.1) is 5.92 Å². The number of nitrogens with zero attached hydrogens (tertiary/aromatic N) is 1. The Balaban J connectivity index is 2.50. The van der Waals surface area contributed by atoms with Gasteiger partial charge in [0, 0.05) is 19.6 Å². The first kappa shape index (κ1) is 10.3. The molecule has 2 unspecified atom stereocenters. The van der Waals surface area contributed by atoms with E-state index >= 15 is 0 Å². The smallest absolute Gasteiger partial charge is 0.227 e. The van der Waals surface area contributed by atoms with Crippen LogP contribution in [0.2, 0.25) is 0 Å². The monoisotopic (exact) mass is 182 g/mol. The largest absolute Gasteiger partial charge is 0.342 e. The van der Waals surface area contributed by atoms with Crippen LogP contribution in [0.25, 0.3) is 0 Å². The third-order valence-electron chi connectivity index (χ3n) is 2.62. The minimum absolute atomic E-state index is 0.157. The van der Waals surface area contributed by atoms with E-state index in [0.717, 1.165) is 13.0 Å². The van der Waals surface area contributed by atoms with Crippen molar-refractivity contribution in [1.82, 2.24) is 10.2 Å². The predicted molar refractivity (Wildman–Crippen MR) is 53.4 cm³/mol. The molecule has 1 aliphatic rings. The Morgan fingerprint density at radius 3 is 2.92 bits per heavy atom. The average molecular weight is 182 g/mol. The van der Waals surface area contributed by atoms with Crippen LogP contribution >= 0.6 is 0 Å². The summed E-state index contributed by atoms with van der Waals surface area (Å²) >= 11 is 0. The zero-order valence-corrected chi connectivity index (χ0v) is 8.42. The summed E-state index contributed by atoms with van der Waals surface area (Å²) < 4.78 is 0. The van der Waals surface area contributed by atoms with Crippen LogP contribution < -0.4 is 5.32 Å². The Bertz CT molecular complexity index is 203. The van der Waals surface area contributed by atoms with Crippen molar-refractivity contribution in [2.75, 3.05) is 20.1 Å². The second kappa shape index (κ2) is 4.42. The molecule has 0 aromatic carbocycles. The number of amides is 1. The summed E-state index contributed by atoms with van der Waals surface area (Å²) in [5, 5.41) is 3.27. The zero-order valence-electron chi connectivity index (χ0n) is 8.42. The van der Waals surface area contributed by atoms with E-state index in [2.05, 4.69) is 18.8 Å². The molecule has 0 aromatic heterocycles. The molecule has 0 saturated carbocycles. The highest BCUT2D eigenvalue weighted by molar-refractivity contribution is 5.79. The molecule has 1 heterocycles. The molecular weight excluding hydrogens is 164 g/mol. The van der Waals surface area contributed by atoms with E-state index in [9.17, 15) is 4.79 Å². The lowest BCUT2D eigenvalue weighted by molar-refractivity contribution is -0.133. The summed E-state index contributed by atoms with van der Waals surface area (Å²) in [6, 6.07) is 0.319. The third-order valence-corrected chi connectivity index (χ3v) is 2.62. The molecule has 13 heavy (non-hydrogen) atoms. The molecule has 1 N–H and O–H groups in total. The molecule has 1 aliphatic heterocycles. The minimum atomic E-state index is 0.157. The molecule has 1 amide bonds. The van der Waals surface area contributed by atoms with Gasteiger partial charge in [0.1, 0.15) is 0 Å². The van der Waals surface area contributed by atoms with E-state index in [1.807, 2.05) is 7.05 Å². The van der Waals surface area contributed by atoms with Gasteiger partial charge in [0.2, 0.25) is 5.91 Å². The van der Waals surface area contributed by atoms with Gasteiger partial charge < -0.3 is 10.2 Å². The maximum absolute atomic E-state index is 11.8. The first-order chi connectivity index (χ1) is 6.16. The summed E-state index contributed by atoms with van der Waals surface area (Å²) in [5.74, 6) is 0.391. The summed E-state index contributed by atoms with van der Waals surface area (Å²) in [7, 11) is 1.83. The number of likely N-dealkylation sites (N-methyl/N-ethyl adjacent to an activating group) is 1. The van der Waals surface area contributed by atoms with Crippen molar-refractivity contribution in [2.45, 2.75) is 19.4 Å². The van der Waals surface area contributed by atoms with Crippen molar-refractivity contribution in [1.29, 1.82) is 0 Å². The third kappa shape index (κ3) is 2.31. The zero-order chi connectivity index (χ0) is 9.84. The fraction of sp³-hybridized carbons (Fsp3) is 0.700. The van der Waals surface area contributed by atoms with Crippen molar-refractivity contribution in [2.24, 2.45) is 5.92 Å². The van der Waals surface area contributed by atoms with Crippen LogP contribution in [0.3, 0.4) is 0 Å². The predicted octanol–water partition coefficient (Wildman–Crippen LogP) is 0.629. The lowest BCUT2D eigenvalue weighted by Crippen LogP contribution is -2.38. The van der Waals surface area contributed by atoms with Gasteiger partial charge >= 0.3 is 0 Å². The average Bonchev–Trinajstić information content (AvgIpc) is 2.50. The van der Waals surface area contributed by atoms with E-state index < -0.39 is 0 Å². The second-order valence-electron chi connectivity index (χ2n) is 3.65. The van der Waals surface area contributed by atoms with Gasteiger partial charge in [0.15, 0.2) is 0 Å². The Kier molecular flexibility index (Phi) is 3.48. The highest BCUT2D eigenvalue weighted by atomic mass is 16.2. The van der Waals surface area contributed by atoms with Crippen LogP contribution in [0.5, 0.6) is 0 Å². The lowest BCUT2D eigenvalue weighted by atomic mass is 10.0. The van der Waals surface area contributed by atoms with E-state index in [1.165, 1.54) is 0 Å². The molecule has 0 spiro atoms. The molecule has 74 valence electrons. The molecular formula is C10H18N2O. The Morgan fingerprint density at radius 1 is 1.77 bits per heavy atom. The van der Waals surface area contributed by atoms with Crippen molar-refractivity contribution < 1.29 is 4.79 Å². The number of hydrogen-bond donors (Lipinski definition) is 1. The first-order valence-electron chi connectivity index (χ1n) is 4.76. The van der Waals surface area contributed by atoms with Crippen LogP contribution in [0.15, 0.2) is 12.7 Å². The van der Waals surface area contributed by atoms with Gasteiger partial charge in [-0.2, -0.15) is 0 Å². The number of carbonyl (C=O) groups is 1. The number of carbonyl (C=O) groups excluding carboxylic acids is 1. The molecule has 0 bridgehead atoms. The molecule has 0 aliphatic carbocycles. The SMILES string of the molecule is C=CCN(C)C(=O)C1CCNC1C. The van der Waals surface area contributed by atoms with E-state index in [4.69, 9.17) is 0 Å². The highest BCUT2D eigenvalue weighted by Crippen LogP contribution is 2.17. The fourth-order valence-corrected chi connectivity index (χ4v) is 1.76. The quantitative estimate of drug-likeness (QED) is 0.649. The Morgan fingerprint density at radius 2 is 2.46 bits per heavy atom. The summed E-state index contributed by atoms with van der Waals surface area (Å²) in [4.78, 5) is 13.5. The maximum atomic E-state index is 11.8. The highest BCUT2D eigenvalue weighted by Gasteiger charge is 2.30. The maximum Gasteiger partial charge on any atom is 0.227 e. The van der Waals surface area contributed by atoms with Crippen molar-refractivity contribution in [3.63, 3.8) is 0 Å². The Hall–Kier alpha value is -0.830. The molecule has 1 rings (SSSR count). The second-order valence-corrected chi connectivity index (χ2v) is 3.65. The van der Waals surface area contributed by atoms with E-state index in [0.29, 0.717) is 12.6 Å². The molecule has 1 saturated heterocycles. The van der Waals surface area contributed by atoms with Crippen LogP contribution in [0.4, 0.5) is 0 Å². The summed E-state index contributed by atoms with van der Waals surface area (Å²) in [6.45, 7) is 7.28. The summed E-state index contributed by atoms with van der Waals surface area (Å²) in [5.41, 5.74) is 0. The molecule has 3 heteroatoms. The van der Waals surface area contributed by atoms with Gasteiger partial charge in [0.25, 0.3) is 0 Å². The van der Waals surface area contributed by atoms with Crippen LogP contribution in [0.1, 0.15) is 13.3 Å². The van der Waals surface area contributed by atoms with Gasteiger partial charge in [-0.3, -0.25) is 4.79 Å². The molecule has 0 radical (unpaired) electrons. The number of rotatable bonds is 3. The van der Waals surface area contributed by atoms with Crippen LogP contribution in [-0.2, 0) is 4.79 Å². The van der Waals surface area contributed by atoms with Crippen molar-refractivity contribution in [3.8, 4) is 0 Å². The van der Waals surface area contributed by atoms with E-state index in [1.54, 1.807) is 11.0 Å². The lowest BCUT2D eigenvalue weighted by Gasteiger charge is -2.21. The van der Waals surface area contributed by atoms with Crippen molar-refractivity contribution >= 4 is 5.91 Å². The van der Waals surface area contributed by atoms with Gasteiger partial charge in [-0.15, -0.1) is 6.58 Å². The fourth-order valence-electron chi connectivity index (χ4n) is 1.76. The van der Waals surface area contributed by atoms with Gasteiger partial charge in [-0.1, -0.05) is 6.08 Å². The molecule has 0 aromatic rings. The van der Waals surface area contributed by atoms with Gasteiger partial charge in [-0.05, 0) is 19.9 Å². The number of nitrogens with one attached hydrogen (secondary N) is 1. The van der Waals surface area contributed by atoms with Gasteiger partial charge in [0.05, 0.1) is 5.92 Å². The molecule has 1 fully saturated rings. The van der Waals surface area contributed by atoms with Crippen LogP contribution in [-0.4, -0.2) is 37.0 Å². The van der Waals surface area contributed by atoms with E-state index in [-0.39, 0.29) is 11.8 Å². The molecule has 3 nitrogen and oxygen atoms in total. The Labute approximate surface area is 79.8 Å². The van der Waals surface area contributed by atoms with Gasteiger partial charge in [-0.25, -0.2) is 0 Å². The standard InChI is InChI=1S/C10H18N2O/c1-4-7-12(3)10(13)9-5-6-11-8(9)2/h4,8-9,11H,1,5-7H2,2-3H3.